The van der Waals surface area contributed by atoms with Gasteiger partial charge in [0, 0.05) is 25.7 Å². The standard InChI is InChI=1S/C31H46O7/c1-2-3-4-11-20-32-24-14-12-23(13-15-24)21-33-27-26(25-22-34-30(36-25)16-7-5-8-17-30)35-29-28(27)37-31(38-29)18-9-6-10-19-31/h12-15,25-29H,2-11,16-22H2,1H3. The Hall–Kier alpha value is -1.22. The van der Waals surface area contributed by atoms with Crippen LogP contribution < -0.4 is 4.74 Å². The van der Waals surface area contributed by atoms with Gasteiger partial charge in [0.05, 0.1) is 19.8 Å². The van der Waals surface area contributed by atoms with Crippen molar-refractivity contribution in [2.24, 2.45) is 0 Å². The van der Waals surface area contributed by atoms with Gasteiger partial charge in [0.2, 0.25) is 0 Å². The lowest BCUT2D eigenvalue weighted by molar-refractivity contribution is -0.263. The first-order chi connectivity index (χ1) is 18.7. The predicted octanol–water partition coefficient (Wildman–Crippen LogP) is 6.41. The van der Waals surface area contributed by atoms with E-state index in [2.05, 4.69) is 19.1 Å². The summed E-state index contributed by atoms with van der Waals surface area (Å²) in [6.45, 7) is 3.99. The minimum atomic E-state index is -0.520. The number of ether oxygens (including phenoxy) is 7. The van der Waals surface area contributed by atoms with Gasteiger partial charge < -0.3 is 33.2 Å². The molecule has 38 heavy (non-hydrogen) atoms. The Morgan fingerprint density at radius 2 is 1.53 bits per heavy atom. The number of benzene rings is 1. The second-order valence-corrected chi connectivity index (χ2v) is 11.9. The van der Waals surface area contributed by atoms with Gasteiger partial charge in [0.1, 0.15) is 30.2 Å². The van der Waals surface area contributed by atoms with Crippen LogP contribution >= 0.6 is 0 Å². The van der Waals surface area contributed by atoms with Crippen LogP contribution in [0.2, 0.25) is 0 Å². The van der Waals surface area contributed by atoms with Crippen molar-refractivity contribution in [1.82, 2.24) is 0 Å². The zero-order valence-electron chi connectivity index (χ0n) is 23.1. The van der Waals surface area contributed by atoms with E-state index in [4.69, 9.17) is 33.2 Å². The van der Waals surface area contributed by atoms with Crippen LogP contribution in [0.15, 0.2) is 24.3 Å². The van der Waals surface area contributed by atoms with Crippen LogP contribution in [0.25, 0.3) is 0 Å². The third kappa shape index (κ3) is 5.93. The summed E-state index contributed by atoms with van der Waals surface area (Å²) >= 11 is 0. The second kappa shape index (κ2) is 12.1. The van der Waals surface area contributed by atoms with E-state index in [-0.39, 0.29) is 24.4 Å². The zero-order valence-corrected chi connectivity index (χ0v) is 23.1. The van der Waals surface area contributed by atoms with E-state index < -0.39 is 17.9 Å². The quantitative estimate of drug-likeness (QED) is 0.324. The molecule has 0 aromatic heterocycles. The summed E-state index contributed by atoms with van der Waals surface area (Å²) in [5, 5.41) is 0. The highest BCUT2D eigenvalue weighted by molar-refractivity contribution is 5.27. The predicted molar refractivity (Wildman–Crippen MR) is 142 cm³/mol. The molecule has 1 aromatic carbocycles. The fraction of sp³-hybridized carbons (Fsp3) is 0.806. The molecule has 5 atom stereocenters. The molecule has 7 nitrogen and oxygen atoms in total. The zero-order chi connectivity index (χ0) is 25.8. The van der Waals surface area contributed by atoms with E-state index in [0.717, 1.165) is 75.7 Å². The molecule has 212 valence electrons. The molecule has 2 saturated carbocycles. The summed E-state index contributed by atoms with van der Waals surface area (Å²) in [5.41, 5.74) is 1.10. The van der Waals surface area contributed by atoms with Crippen LogP contribution in [-0.2, 0) is 35.0 Å². The summed E-state index contributed by atoms with van der Waals surface area (Å²) < 4.78 is 45.0. The van der Waals surface area contributed by atoms with Crippen LogP contribution in [0.4, 0.5) is 0 Å². The van der Waals surface area contributed by atoms with Gasteiger partial charge in [-0.25, -0.2) is 0 Å². The Kier molecular flexibility index (Phi) is 8.60. The van der Waals surface area contributed by atoms with Crippen molar-refractivity contribution < 1.29 is 33.2 Å². The minimum absolute atomic E-state index is 0.179. The van der Waals surface area contributed by atoms with Crippen LogP contribution in [0, 0.1) is 0 Å². The molecule has 5 fully saturated rings. The Morgan fingerprint density at radius 3 is 2.26 bits per heavy atom. The molecule has 7 heteroatoms. The number of hydrogen-bond donors (Lipinski definition) is 0. The smallest absolute Gasteiger partial charge is 0.190 e. The van der Waals surface area contributed by atoms with Crippen molar-refractivity contribution >= 4 is 0 Å². The van der Waals surface area contributed by atoms with E-state index >= 15 is 0 Å². The Bertz CT molecular complexity index is 877. The molecule has 0 amide bonds. The van der Waals surface area contributed by atoms with Crippen molar-refractivity contribution in [3.8, 4) is 5.75 Å². The fourth-order valence-corrected chi connectivity index (χ4v) is 6.86. The van der Waals surface area contributed by atoms with Crippen LogP contribution in [-0.4, -0.2) is 55.5 Å². The third-order valence-electron chi connectivity index (χ3n) is 9.00. The van der Waals surface area contributed by atoms with Crippen LogP contribution in [0.1, 0.15) is 102 Å². The van der Waals surface area contributed by atoms with Gasteiger partial charge in [-0.15, -0.1) is 0 Å². The van der Waals surface area contributed by atoms with Crippen LogP contribution in [0.3, 0.4) is 0 Å². The number of rotatable bonds is 10. The first kappa shape index (κ1) is 27.0. The largest absolute Gasteiger partial charge is 0.494 e. The molecule has 2 aliphatic carbocycles. The summed E-state index contributed by atoms with van der Waals surface area (Å²) in [5.74, 6) is -0.0605. The lowest BCUT2D eigenvalue weighted by Gasteiger charge is -2.35. The first-order valence-electron chi connectivity index (χ1n) is 15.3. The van der Waals surface area contributed by atoms with Gasteiger partial charge >= 0.3 is 0 Å². The summed E-state index contributed by atoms with van der Waals surface area (Å²) in [6.07, 6.45) is 14.2. The highest BCUT2D eigenvalue weighted by Crippen LogP contribution is 2.48. The number of fused-ring (bicyclic) bond motifs is 1. The molecule has 0 bridgehead atoms. The molecule has 3 saturated heterocycles. The molecular weight excluding hydrogens is 484 g/mol. The maximum atomic E-state index is 6.64. The van der Waals surface area contributed by atoms with Gasteiger partial charge in [-0.3, -0.25) is 0 Å². The van der Waals surface area contributed by atoms with Crippen LogP contribution in [0.5, 0.6) is 5.75 Å². The van der Waals surface area contributed by atoms with E-state index in [9.17, 15) is 0 Å². The third-order valence-corrected chi connectivity index (χ3v) is 9.00. The van der Waals surface area contributed by atoms with E-state index in [1.165, 1.54) is 32.1 Å². The molecule has 0 radical (unpaired) electrons. The summed E-state index contributed by atoms with van der Waals surface area (Å²) in [6, 6.07) is 8.25. The lowest BCUT2D eigenvalue weighted by Crippen LogP contribution is -2.45. The molecule has 2 spiro atoms. The Labute approximate surface area is 227 Å². The Balaban J connectivity index is 1.09. The number of hydrogen-bond acceptors (Lipinski definition) is 7. The molecule has 3 aliphatic heterocycles. The fourth-order valence-electron chi connectivity index (χ4n) is 6.86. The second-order valence-electron chi connectivity index (χ2n) is 11.9. The van der Waals surface area contributed by atoms with Crippen molar-refractivity contribution in [1.29, 1.82) is 0 Å². The first-order valence-corrected chi connectivity index (χ1v) is 15.3. The molecule has 3 heterocycles. The Morgan fingerprint density at radius 1 is 0.789 bits per heavy atom. The molecule has 5 aliphatic rings. The number of unbranched alkanes of at least 4 members (excludes halogenated alkanes) is 3. The average molecular weight is 531 g/mol. The highest BCUT2D eigenvalue weighted by Gasteiger charge is 2.61. The van der Waals surface area contributed by atoms with E-state index in [0.29, 0.717) is 13.2 Å². The van der Waals surface area contributed by atoms with Gasteiger partial charge in [0.25, 0.3) is 0 Å². The monoisotopic (exact) mass is 530 g/mol. The maximum absolute atomic E-state index is 6.64. The van der Waals surface area contributed by atoms with Crippen molar-refractivity contribution in [2.45, 2.75) is 146 Å². The lowest BCUT2D eigenvalue weighted by atomic mass is 9.94. The average Bonchev–Trinajstić information content (AvgIpc) is 3.60. The van der Waals surface area contributed by atoms with Crippen molar-refractivity contribution in [3.05, 3.63) is 29.8 Å². The van der Waals surface area contributed by atoms with Gasteiger partial charge in [0.15, 0.2) is 17.9 Å². The topological polar surface area (TPSA) is 64.6 Å². The van der Waals surface area contributed by atoms with Gasteiger partial charge in [-0.2, -0.15) is 0 Å². The highest BCUT2D eigenvalue weighted by atomic mass is 16.9. The van der Waals surface area contributed by atoms with Crippen molar-refractivity contribution in [2.75, 3.05) is 13.2 Å². The normalized spacial score (nSPS) is 33.7. The molecule has 0 N–H and O–H groups in total. The maximum Gasteiger partial charge on any atom is 0.190 e. The minimum Gasteiger partial charge on any atom is -0.494 e. The van der Waals surface area contributed by atoms with E-state index in [1.54, 1.807) is 0 Å². The molecular formula is C31H46O7. The molecule has 5 unspecified atom stereocenters. The van der Waals surface area contributed by atoms with Crippen molar-refractivity contribution in [3.63, 3.8) is 0 Å². The van der Waals surface area contributed by atoms with Gasteiger partial charge in [-0.05, 0) is 49.8 Å². The summed E-state index contributed by atoms with van der Waals surface area (Å²) in [4.78, 5) is 0. The van der Waals surface area contributed by atoms with Gasteiger partial charge in [-0.1, -0.05) is 51.2 Å². The molecule has 6 rings (SSSR count). The molecule has 1 aromatic rings. The van der Waals surface area contributed by atoms with E-state index in [1.807, 2.05) is 12.1 Å². The summed E-state index contributed by atoms with van der Waals surface area (Å²) in [7, 11) is 0. The SMILES string of the molecule is CCCCCCOc1ccc(COC2C(C3COC4(CCCCC4)O3)OC3OC4(CCCCC4)OC32)cc1.